The number of benzene rings is 3. The number of aromatic hydroxyl groups is 1. The molecular formula is C65H82N2O19. The van der Waals surface area contributed by atoms with Gasteiger partial charge in [0, 0.05) is 74.6 Å². The molecule has 0 aromatic heterocycles. The molecule has 21 heteroatoms. The zero-order valence-corrected chi connectivity index (χ0v) is 50.2. The van der Waals surface area contributed by atoms with Gasteiger partial charge in [-0.25, -0.2) is 14.4 Å². The first-order chi connectivity index (χ1) is 41.0. The van der Waals surface area contributed by atoms with Gasteiger partial charge in [0.05, 0.1) is 54.8 Å². The molecule has 0 radical (unpaired) electrons. The highest BCUT2D eigenvalue weighted by atomic mass is 16.7. The van der Waals surface area contributed by atoms with Gasteiger partial charge in [-0.15, -0.1) is 0 Å². The second kappa shape index (κ2) is 28.3. The number of allylic oxidation sites excluding steroid dienone is 3. The number of aliphatic hydroxyl groups is 3. The van der Waals surface area contributed by atoms with Crippen LogP contribution in [0, 0.1) is 29.6 Å². The second-order valence-corrected chi connectivity index (χ2v) is 24.0. The van der Waals surface area contributed by atoms with E-state index in [0.717, 1.165) is 10.5 Å². The SMILES string of the molecule is COC1CC(C)C2(O)OC1[C@@H](OC)C[C@@H](C)C/C(C)=C/[C@@H](CCOC(=O)NCc1c(O)ccc3c(-c4ccccc4C(=O)O)c4ccc(=O)cc-4oc13)C(=O)CC(O)[C@@H](C)[C@@H](/C(C)=C/C1CC[C@@H](O)C(OC)C1)OC(=O)C1CCCCN1C(=O)C2=O. The number of carbonyl (C=O) groups excluding carboxylic acids is 5. The lowest BCUT2D eigenvalue weighted by Crippen LogP contribution is -2.64. The van der Waals surface area contributed by atoms with Crippen molar-refractivity contribution in [3.8, 4) is 28.2 Å². The van der Waals surface area contributed by atoms with Crippen LogP contribution in [0.25, 0.3) is 33.4 Å². The summed E-state index contributed by atoms with van der Waals surface area (Å²) in [5, 5.41) is 59.5. The van der Waals surface area contributed by atoms with Crippen molar-refractivity contribution < 1.29 is 87.1 Å². The van der Waals surface area contributed by atoms with Gasteiger partial charge in [0.15, 0.2) is 5.43 Å². The van der Waals surface area contributed by atoms with Crippen molar-refractivity contribution in [2.45, 2.75) is 166 Å². The molecule has 6 aliphatic rings. The third-order valence-electron chi connectivity index (χ3n) is 17.9. The Morgan fingerprint density at radius 1 is 0.849 bits per heavy atom. The number of methoxy groups -OCH3 is 3. The van der Waals surface area contributed by atoms with Crippen LogP contribution in [0.4, 0.5) is 4.79 Å². The largest absolute Gasteiger partial charge is 0.507 e. The average Bonchev–Trinajstić information content (AvgIpc) is 1.98. The number of hydrogen-bond donors (Lipinski definition) is 6. The van der Waals surface area contributed by atoms with Crippen molar-refractivity contribution >= 4 is 46.5 Å². The summed E-state index contributed by atoms with van der Waals surface area (Å²) in [5.74, 6) is -10.7. The predicted octanol–water partition coefficient (Wildman–Crippen LogP) is 7.66. The first-order valence-electron chi connectivity index (χ1n) is 29.7. The number of amides is 2. The van der Waals surface area contributed by atoms with Crippen LogP contribution in [-0.2, 0) is 54.1 Å². The number of ether oxygens (including phenoxy) is 6. The molecule has 2 aromatic carbocycles. The Balaban J connectivity index is 1.08. The molecule has 2 aromatic rings. The summed E-state index contributed by atoms with van der Waals surface area (Å²) in [4.78, 5) is 98.2. The number of phenols is 1. The number of rotatable bonds is 12. The number of hydrogen-bond acceptors (Lipinski definition) is 18. The smallest absolute Gasteiger partial charge is 0.407 e. The summed E-state index contributed by atoms with van der Waals surface area (Å²) in [7, 11) is 4.47. The van der Waals surface area contributed by atoms with Crippen LogP contribution in [0.2, 0.25) is 0 Å². The molecule has 4 aliphatic heterocycles. The van der Waals surface area contributed by atoms with Crippen LogP contribution in [-0.4, -0.2) is 155 Å². The summed E-state index contributed by atoms with van der Waals surface area (Å²) >= 11 is 0. The van der Waals surface area contributed by atoms with Crippen molar-refractivity contribution in [3.63, 3.8) is 0 Å². The third kappa shape index (κ3) is 14.4. The number of phenolic OH excluding ortho intramolecular Hbond substituents is 1. The van der Waals surface area contributed by atoms with Gasteiger partial charge in [-0.05, 0) is 131 Å². The minimum absolute atomic E-state index is 0.00601. The standard InChI is InChI=1S/C65H82N2O19/c1-34-25-35(2)27-54(81-7)59-55(82-8)29-37(4)65(79,86-59)60(73)61(74)67-23-12-11-15-47(67)63(77)85-57(36(3)28-39-16-20-49(70)53(30-39)80-6)38(5)50(71)32-51(72)40(26-34)22-24-83-64(78)66-33-46-48(69)21-19-45-56(42-13-9-10-14-43(42)62(75)76)44-18-17-41(68)31-52(44)84-58(45)46/h9-10,13-14,17-19,21,26,28,31,35,37-40,47,49-50,53-55,57,59,69-71,79H,11-12,15-16,20,22-25,27,29-30,32-33H2,1-8H3,(H,66,78)(H,75,76)/b34-26+,36-28+/t35-,37?,38+,39?,40+,47?,49+,50?,53?,54-,55?,57+,59?,65?/m0/s1. The number of piperidine rings is 1. The minimum atomic E-state index is -2.62. The summed E-state index contributed by atoms with van der Waals surface area (Å²) in [6.07, 6.45) is -0.441. The highest BCUT2D eigenvalue weighted by molar-refractivity contribution is 6.39. The highest BCUT2D eigenvalue weighted by Crippen LogP contribution is 2.44. The molecule has 14 atom stereocenters. The number of alkyl carbamates (subject to hydrolysis) is 1. The van der Waals surface area contributed by atoms with Gasteiger partial charge in [-0.1, -0.05) is 56.7 Å². The lowest BCUT2D eigenvalue weighted by Gasteiger charge is -2.47. The summed E-state index contributed by atoms with van der Waals surface area (Å²) in [6, 6.07) is 12.1. The van der Waals surface area contributed by atoms with Crippen molar-refractivity contribution in [3.05, 3.63) is 99.2 Å². The fraction of sp³-hybridized carbons (Fsp3) is 0.554. The number of aromatic carboxylic acids is 1. The molecule has 2 aliphatic carbocycles. The molecule has 466 valence electrons. The van der Waals surface area contributed by atoms with Crippen LogP contribution < -0.4 is 10.7 Å². The van der Waals surface area contributed by atoms with Crippen LogP contribution in [0.3, 0.4) is 0 Å². The van der Waals surface area contributed by atoms with Gasteiger partial charge in [0.1, 0.15) is 41.1 Å². The first kappa shape index (κ1) is 65.1. The number of carbonyl (C=O) groups is 6. The molecule has 8 unspecified atom stereocenters. The molecule has 2 amide bonds. The molecule has 21 nitrogen and oxygen atoms in total. The molecule has 0 spiro atoms. The Hall–Kier alpha value is -6.85. The van der Waals surface area contributed by atoms with E-state index in [4.69, 9.17) is 32.8 Å². The number of cyclic esters (lactones) is 1. The van der Waals surface area contributed by atoms with Gasteiger partial charge >= 0.3 is 18.0 Å². The number of fused-ring (bicyclic) bond motifs is 5. The molecule has 2 saturated heterocycles. The Bertz CT molecular complexity index is 3220. The van der Waals surface area contributed by atoms with E-state index in [1.165, 1.54) is 51.7 Å². The molecule has 4 heterocycles. The number of aliphatic hydroxyl groups excluding tert-OH is 2. The molecular weight excluding hydrogens is 1110 g/mol. The quantitative estimate of drug-likeness (QED) is 0.0343. The number of carboxylic acids is 1. The molecule has 86 heavy (non-hydrogen) atoms. The normalized spacial score (nSPS) is 31.1. The summed E-state index contributed by atoms with van der Waals surface area (Å²) in [5.41, 5.74) is 2.26. The van der Waals surface area contributed by atoms with E-state index in [2.05, 4.69) is 5.32 Å². The van der Waals surface area contributed by atoms with E-state index in [9.17, 15) is 59.1 Å². The maximum absolute atomic E-state index is 14.8. The second-order valence-electron chi connectivity index (χ2n) is 24.0. The third-order valence-corrected chi connectivity index (χ3v) is 17.9. The number of nitrogens with one attached hydrogen (secondary N) is 1. The monoisotopic (exact) mass is 1190 g/mol. The van der Waals surface area contributed by atoms with Gasteiger partial charge < -0.3 is 68.6 Å². The number of esters is 1. The van der Waals surface area contributed by atoms with E-state index in [1.54, 1.807) is 51.1 Å². The summed E-state index contributed by atoms with van der Waals surface area (Å²) in [6.45, 7) is 8.14. The molecule has 8 rings (SSSR count). The number of Topliss-reactive ketones (excluding diaryl/α,β-unsaturated/α-hetero) is 2. The topological polar surface area (TPSA) is 304 Å². The number of nitrogens with zero attached hydrogens (tertiary/aromatic N) is 1. The number of ketones is 2. The first-order valence-corrected chi connectivity index (χ1v) is 29.7. The van der Waals surface area contributed by atoms with E-state index >= 15 is 0 Å². The predicted molar refractivity (Wildman–Crippen MR) is 314 cm³/mol. The lowest BCUT2D eigenvalue weighted by atomic mass is 9.81. The zero-order chi connectivity index (χ0) is 62.3. The van der Waals surface area contributed by atoms with E-state index in [0.29, 0.717) is 72.6 Å². The maximum atomic E-state index is 14.8. The zero-order valence-electron chi connectivity index (χ0n) is 50.2. The Morgan fingerprint density at radius 2 is 1.57 bits per heavy atom. The average molecular weight is 1200 g/mol. The van der Waals surface area contributed by atoms with Crippen molar-refractivity contribution in [1.29, 1.82) is 0 Å². The van der Waals surface area contributed by atoms with Crippen LogP contribution in [0.1, 0.15) is 121 Å². The van der Waals surface area contributed by atoms with Crippen molar-refractivity contribution in [1.82, 2.24) is 10.2 Å². The van der Waals surface area contributed by atoms with Crippen LogP contribution >= 0.6 is 0 Å². The molecule has 1 saturated carbocycles. The van der Waals surface area contributed by atoms with Gasteiger partial charge in [0.25, 0.3) is 11.7 Å². The molecule has 6 N–H and O–H groups in total. The van der Waals surface area contributed by atoms with E-state index < -0.39 is 114 Å². The summed E-state index contributed by atoms with van der Waals surface area (Å²) < 4.78 is 42.0. The maximum Gasteiger partial charge on any atom is 0.407 e. The lowest BCUT2D eigenvalue weighted by molar-refractivity contribution is -0.302. The Kier molecular flexibility index (Phi) is 21.5. The molecule has 2 bridgehead atoms. The van der Waals surface area contributed by atoms with Crippen molar-refractivity contribution in [2.24, 2.45) is 29.6 Å². The Morgan fingerprint density at radius 3 is 2.29 bits per heavy atom. The minimum Gasteiger partial charge on any atom is -0.507 e. The van der Waals surface area contributed by atoms with Gasteiger partial charge in [0.2, 0.25) is 5.79 Å². The van der Waals surface area contributed by atoms with Crippen LogP contribution in [0.5, 0.6) is 5.75 Å². The fourth-order valence-electron chi connectivity index (χ4n) is 13.1. The van der Waals surface area contributed by atoms with Crippen molar-refractivity contribution in [2.75, 3.05) is 34.5 Å². The highest BCUT2D eigenvalue weighted by Gasteiger charge is 2.57. The Labute approximate surface area is 499 Å². The van der Waals surface area contributed by atoms with E-state index in [-0.39, 0.29) is 84.4 Å². The van der Waals surface area contributed by atoms with Gasteiger partial charge in [-0.2, -0.15) is 0 Å². The van der Waals surface area contributed by atoms with Crippen LogP contribution in [0.15, 0.2) is 87.1 Å². The fourth-order valence-corrected chi connectivity index (χ4v) is 13.1. The van der Waals surface area contributed by atoms with Gasteiger partial charge in [-0.3, -0.25) is 19.2 Å². The number of carboxylic acid groups (broad SMARTS) is 1. The van der Waals surface area contributed by atoms with E-state index in [1.807, 2.05) is 19.9 Å². The molecule has 3 fully saturated rings.